The van der Waals surface area contributed by atoms with E-state index in [9.17, 15) is 14.9 Å². The first-order chi connectivity index (χ1) is 14.9. The number of methoxy groups -OCH3 is 1. The zero-order chi connectivity index (χ0) is 22.4. The number of nitro benzene ring substituents is 1. The van der Waals surface area contributed by atoms with E-state index in [1.807, 2.05) is 32.3 Å². The van der Waals surface area contributed by atoms with Gasteiger partial charge in [0.25, 0.3) is 11.6 Å². The molecule has 0 N–H and O–H groups in total. The minimum Gasteiger partial charge on any atom is -0.497 e. The van der Waals surface area contributed by atoms with E-state index in [-0.39, 0.29) is 11.6 Å². The molecule has 0 saturated carbocycles. The number of thiazole rings is 1. The van der Waals surface area contributed by atoms with Gasteiger partial charge in [-0.05, 0) is 56.9 Å². The highest BCUT2D eigenvalue weighted by Crippen LogP contribution is 2.31. The second-order valence-corrected chi connectivity index (χ2v) is 8.17. The van der Waals surface area contributed by atoms with Gasteiger partial charge in [-0.25, -0.2) is 4.98 Å². The van der Waals surface area contributed by atoms with E-state index in [0.717, 1.165) is 28.9 Å². The molecule has 0 aliphatic carbocycles. The number of hydrogen-bond donors (Lipinski definition) is 0. The van der Waals surface area contributed by atoms with Gasteiger partial charge in [0.05, 0.1) is 22.2 Å². The molecule has 0 unspecified atom stereocenters. The Morgan fingerprint density at radius 1 is 1.23 bits per heavy atom. The Labute approximate surface area is 184 Å². The number of aromatic nitrogens is 1. The predicted octanol–water partition coefficient (Wildman–Crippen LogP) is 4.21. The van der Waals surface area contributed by atoms with E-state index >= 15 is 0 Å². The van der Waals surface area contributed by atoms with Gasteiger partial charge in [-0.2, -0.15) is 0 Å². The molecule has 31 heavy (non-hydrogen) atoms. The lowest BCUT2D eigenvalue weighted by molar-refractivity contribution is -0.384. The van der Waals surface area contributed by atoms with Crippen molar-refractivity contribution in [3.05, 3.63) is 64.2 Å². The van der Waals surface area contributed by atoms with Crippen molar-refractivity contribution >= 4 is 44.4 Å². The van der Waals surface area contributed by atoms with Gasteiger partial charge in [0, 0.05) is 24.8 Å². The van der Waals surface area contributed by atoms with Crippen LogP contribution >= 0.6 is 11.3 Å². The van der Waals surface area contributed by atoms with Gasteiger partial charge in [0.15, 0.2) is 5.13 Å². The first-order valence-electron chi connectivity index (χ1n) is 9.70. The fraction of sp³-hybridized carbons (Fsp3) is 0.273. The predicted molar refractivity (Wildman–Crippen MR) is 124 cm³/mol. The number of amides is 1. The summed E-state index contributed by atoms with van der Waals surface area (Å²) in [5.41, 5.74) is 1.37. The molecule has 1 aromatic heterocycles. The standard InChI is InChI=1S/C22H24N4O4S/c1-24(2)12-5-13-25(22-23-19-10-9-18(30-3)15-20(19)31-22)21(27)11-8-16-6-4-7-17(14-16)26(28)29/h4,6-11,14-15H,5,12-13H2,1-3H3. The van der Waals surface area contributed by atoms with Gasteiger partial charge in [-0.3, -0.25) is 19.8 Å². The summed E-state index contributed by atoms with van der Waals surface area (Å²) in [6, 6.07) is 11.8. The minimum atomic E-state index is -0.456. The van der Waals surface area contributed by atoms with Crippen molar-refractivity contribution in [3.8, 4) is 5.75 Å². The van der Waals surface area contributed by atoms with Crippen LogP contribution in [0.4, 0.5) is 10.8 Å². The molecular weight excluding hydrogens is 416 g/mol. The van der Waals surface area contributed by atoms with Gasteiger partial charge in [-0.1, -0.05) is 23.5 Å². The number of hydrogen-bond acceptors (Lipinski definition) is 7. The first kappa shape index (κ1) is 22.4. The molecule has 0 bridgehead atoms. The zero-order valence-electron chi connectivity index (χ0n) is 17.6. The van der Waals surface area contributed by atoms with Crippen molar-refractivity contribution in [2.45, 2.75) is 6.42 Å². The van der Waals surface area contributed by atoms with Crippen LogP contribution in [0.2, 0.25) is 0 Å². The van der Waals surface area contributed by atoms with E-state index in [0.29, 0.717) is 17.2 Å². The third-order valence-electron chi connectivity index (χ3n) is 4.57. The largest absolute Gasteiger partial charge is 0.497 e. The summed E-state index contributed by atoms with van der Waals surface area (Å²) in [5, 5.41) is 11.6. The molecule has 2 aromatic carbocycles. The van der Waals surface area contributed by atoms with Crippen LogP contribution in [0, 0.1) is 10.1 Å². The molecule has 0 spiro atoms. The molecule has 0 aliphatic rings. The van der Waals surface area contributed by atoms with E-state index in [2.05, 4.69) is 9.88 Å². The van der Waals surface area contributed by atoms with Crippen molar-refractivity contribution < 1.29 is 14.5 Å². The second kappa shape index (κ2) is 10.1. The Balaban J connectivity index is 1.86. The Morgan fingerprint density at radius 2 is 2.03 bits per heavy atom. The van der Waals surface area contributed by atoms with Crippen LogP contribution in [0.25, 0.3) is 16.3 Å². The summed E-state index contributed by atoms with van der Waals surface area (Å²) in [6.07, 6.45) is 3.80. The number of nitrogens with zero attached hydrogens (tertiary/aromatic N) is 4. The summed E-state index contributed by atoms with van der Waals surface area (Å²) >= 11 is 1.43. The maximum atomic E-state index is 13.0. The van der Waals surface area contributed by atoms with Gasteiger partial charge in [0.2, 0.25) is 0 Å². The summed E-state index contributed by atoms with van der Waals surface area (Å²) < 4.78 is 6.21. The highest BCUT2D eigenvalue weighted by Gasteiger charge is 2.18. The summed E-state index contributed by atoms with van der Waals surface area (Å²) in [6.45, 7) is 1.34. The summed E-state index contributed by atoms with van der Waals surface area (Å²) in [4.78, 5) is 31.9. The Morgan fingerprint density at radius 3 is 2.74 bits per heavy atom. The van der Waals surface area contributed by atoms with Gasteiger partial charge in [-0.15, -0.1) is 0 Å². The van der Waals surface area contributed by atoms with E-state index in [1.165, 1.54) is 29.5 Å². The molecule has 8 nitrogen and oxygen atoms in total. The van der Waals surface area contributed by atoms with Crippen molar-refractivity contribution in [3.63, 3.8) is 0 Å². The minimum absolute atomic E-state index is 0.0161. The number of non-ortho nitro benzene ring substituents is 1. The smallest absolute Gasteiger partial charge is 0.270 e. The van der Waals surface area contributed by atoms with Gasteiger partial charge < -0.3 is 9.64 Å². The third kappa shape index (κ3) is 5.87. The molecule has 0 fully saturated rings. The Hall–Kier alpha value is -3.30. The van der Waals surface area contributed by atoms with E-state index < -0.39 is 4.92 Å². The van der Waals surface area contributed by atoms with Crippen LogP contribution < -0.4 is 9.64 Å². The lowest BCUT2D eigenvalue weighted by Crippen LogP contribution is -2.32. The van der Waals surface area contributed by atoms with E-state index in [4.69, 9.17) is 4.74 Å². The van der Waals surface area contributed by atoms with Gasteiger partial charge >= 0.3 is 0 Å². The molecular formula is C22H24N4O4S. The number of anilines is 1. The van der Waals surface area contributed by atoms with Crippen molar-refractivity contribution in [2.24, 2.45) is 0 Å². The highest BCUT2D eigenvalue weighted by atomic mass is 32.1. The van der Waals surface area contributed by atoms with Crippen LogP contribution in [0.15, 0.2) is 48.5 Å². The number of carbonyl (C=O) groups is 1. The molecule has 1 amide bonds. The Kier molecular flexibility index (Phi) is 7.32. The monoisotopic (exact) mass is 440 g/mol. The number of ether oxygens (including phenoxy) is 1. The molecule has 162 valence electrons. The number of fused-ring (bicyclic) bond motifs is 1. The number of nitro groups is 1. The molecule has 3 rings (SSSR count). The molecule has 0 atom stereocenters. The van der Waals surface area contributed by atoms with Gasteiger partial charge in [0.1, 0.15) is 5.75 Å². The van der Waals surface area contributed by atoms with Crippen LogP contribution in [0.5, 0.6) is 5.75 Å². The topological polar surface area (TPSA) is 88.8 Å². The summed E-state index contributed by atoms with van der Waals surface area (Å²) in [5.74, 6) is 0.509. The quantitative estimate of drug-likeness (QED) is 0.281. The average molecular weight is 441 g/mol. The molecule has 3 aromatic rings. The number of carbonyl (C=O) groups excluding carboxylic acids is 1. The van der Waals surface area contributed by atoms with Crippen LogP contribution in [0.1, 0.15) is 12.0 Å². The SMILES string of the molecule is COc1ccc2nc(N(CCCN(C)C)C(=O)C=Cc3cccc([N+](=O)[O-])c3)sc2c1. The molecule has 9 heteroatoms. The first-order valence-corrected chi connectivity index (χ1v) is 10.5. The maximum Gasteiger partial charge on any atom is 0.270 e. The Bertz CT molecular complexity index is 1110. The molecule has 0 radical (unpaired) electrons. The maximum absolute atomic E-state index is 13.0. The lowest BCUT2D eigenvalue weighted by atomic mass is 10.2. The highest BCUT2D eigenvalue weighted by molar-refractivity contribution is 7.22. The molecule has 0 aliphatic heterocycles. The van der Waals surface area contributed by atoms with Crippen LogP contribution in [0.3, 0.4) is 0 Å². The normalized spacial score (nSPS) is 11.4. The fourth-order valence-electron chi connectivity index (χ4n) is 2.98. The molecule has 0 saturated heterocycles. The average Bonchev–Trinajstić information content (AvgIpc) is 3.17. The van der Waals surface area contributed by atoms with Crippen molar-refractivity contribution in [1.82, 2.24) is 9.88 Å². The lowest BCUT2D eigenvalue weighted by Gasteiger charge is -2.19. The fourth-order valence-corrected chi connectivity index (χ4v) is 4.01. The van der Waals surface area contributed by atoms with Crippen LogP contribution in [-0.4, -0.2) is 55.0 Å². The van der Waals surface area contributed by atoms with Crippen molar-refractivity contribution in [1.29, 1.82) is 0 Å². The van der Waals surface area contributed by atoms with Crippen molar-refractivity contribution in [2.75, 3.05) is 39.2 Å². The van der Waals surface area contributed by atoms with Crippen LogP contribution in [-0.2, 0) is 4.79 Å². The number of benzene rings is 2. The zero-order valence-corrected chi connectivity index (χ0v) is 18.5. The van der Waals surface area contributed by atoms with E-state index in [1.54, 1.807) is 30.2 Å². The third-order valence-corrected chi connectivity index (χ3v) is 5.61. The second-order valence-electron chi connectivity index (χ2n) is 7.16. The molecule has 1 heterocycles. The number of rotatable bonds is 9. The summed E-state index contributed by atoms with van der Waals surface area (Å²) in [7, 11) is 5.58.